The first kappa shape index (κ1) is 13.1. The fraction of sp³-hybridized carbons (Fsp3) is 0.533. The summed E-state index contributed by atoms with van der Waals surface area (Å²) >= 11 is 0. The first-order valence-corrected chi connectivity index (χ1v) is 6.70. The van der Waals surface area contributed by atoms with E-state index in [0.29, 0.717) is 6.10 Å². The molecule has 18 heavy (non-hydrogen) atoms. The molecule has 1 fully saturated rings. The molecule has 3 heteroatoms. The molecule has 1 aliphatic rings. The van der Waals surface area contributed by atoms with Crippen molar-refractivity contribution in [1.29, 1.82) is 5.26 Å². The third-order valence-electron chi connectivity index (χ3n) is 3.29. The molecule has 2 rings (SSSR count). The highest BCUT2D eigenvalue weighted by molar-refractivity contribution is 5.32. The van der Waals surface area contributed by atoms with Crippen LogP contribution in [0.4, 0.5) is 0 Å². The van der Waals surface area contributed by atoms with E-state index in [4.69, 9.17) is 10.00 Å². The number of benzene rings is 1. The van der Waals surface area contributed by atoms with Gasteiger partial charge >= 0.3 is 0 Å². The molecule has 3 nitrogen and oxygen atoms in total. The maximum Gasteiger partial charge on any atom is 0.0991 e. The lowest BCUT2D eigenvalue weighted by Crippen LogP contribution is -2.16. The Kier molecular flexibility index (Phi) is 5.19. The third-order valence-corrected chi connectivity index (χ3v) is 3.29. The van der Waals surface area contributed by atoms with Crippen LogP contribution in [-0.2, 0) is 11.3 Å². The molecule has 1 aliphatic heterocycles. The summed E-state index contributed by atoms with van der Waals surface area (Å²) in [5.74, 6) is 0. The van der Waals surface area contributed by atoms with Gasteiger partial charge in [0.15, 0.2) is 0 Å². The predicted molar refractivity (Wildman–Crippen MR) is 71.1 cm³/mol. The van der Waals surface area contributed by atoms with E-state index in [1.807, 2.05) is 24.3 Å². The summed E-state index contributed by atoms with van der Waals surface area (Å²) in [5, 5.41) is 12.2. The van der Waals surface area contributed by atoms with Crippen molar-refractivity contribution in [3.63, 3.8) is 0 Å². The van der Waals surface area contributed by atoms with Crippen molar-refractivity contribution in [2.75, 3.05) is 13.2 Å². The molecule has 1 N–H and O–H groups in total. The number of nitriles is 1. The zero-order valence-electron chi connectivity index (χ0n) is 10.7. The van der Waals surface area contributed by atoms with Gasteiger partial charge in [-0.3, -0.25) is 0 Å². The summed E-state index contributed by atoms with van der Waals surface area (Å²) < 4.78 is 5.58. The zero-order valence-corrected chi connectivity index (χ0v) is 10.7. The van der Waals surface area contributed by atoms with Gasteiger partial charge < -0.3 is 10.1 Å². The summed E-state index contributed by atoms with van der Waals surface area (Å²) in [6.45, 7) is 2.79. The van der Waals surface area contributed by atoms with E-state index in [-0.39, 0.29) is 0 Å². The Hall–Kier alpha value is -1.37. The molecule has 0 aliphatic carbocycles. The van der Waals surface area contributed by atoms with Gasteiger partial charge in [0.1, 0.15) is 0 Å². The first-order chi connectivity index (χ1) is 8.88. The van der Waals surface area contributed by atoms with E-state index in [1.165, 1.54) is 18.4 Å². The van der Waals surface area contributed by atoms with Crippen molar-refractivity contribution < 1.29 is 4.74 Å². The van der Waals surface area contributed by atoms with Gasteiger partial charge in [-0.2, -0.15) is 5.26 Å². The molecule has 0 amide bonds. The van der Waals surface area contributed by atoms with E-state index >= 15 is 0 Å². The highest BCUT2D eigenvalue weighted by Crippen LogP contribution is 2.16. The van der Waals surface area contributed by atoms with Crippen LogP contribution in [-0.4, -0.2) is 19.3 Å². The van der Waals surface area contributed by atoms with E-state index < -0.39 is 0 Å². The second kappa shape index (κ2) is 7.15. The van der Waals surface area contributed by atoms with Crippen molar-refractivity contribution >= 4 is 0 Å². The minimum atomic E-state index is 0.494. The average Bonchev–Trinajstić information content (AvgIpc) is 2.92. The van der Waals surface area contributed by atoms with E-state index in [9.17, 15) is 0 Å². The van der Waals surface area contributed by atoms with Gasteiger partial charge in [0.25, 0.3) is 0 Å². The van der Waals surface area contributed by atoms with Crippen LogP contribution < -0.4 is 5.32 Å². The van der Waals surface area contributed by atoms with Crippen molar-refractivity contribution in [3.05, 3.63) is 35.4 Å². The van der Waals surface area contributed by atoms with Crippen molar-refractivity contribution in [2.24, 2.45) is 0 Å². The molecule has 0 saturated carbocycles. The molecule has 96 valence electrons. The number of rotatable bonds is 6. The van der Waals surface area contributed by atoms with Crippen LogP contribution in [0.15, 0.2) is 24.3 Å². The highest BCUT2D eigenvalue weighted by Gasteiger charge is 2.14. The number of hydrogen-bond donors (Lipinski definition) is 1. The number of nitrogens with zero attached hydrogens (tertiary/aromatic N) is 1. The molecule has 0 spiro atoms. The van der Waals surface area contributed by atoms with Crippen LogP contribution in [0, 0.1) is 11.3 Å². The van der Waals surface area contributed by atoms with Gasteiger partial charge in [0.2, 0.25) is 0 Å². The summed E-state index contributed by atoms with van der Waals surface area (Å²) in [6, 6.07) is 9.92. The largest absolute Gasteiger partial charge is 0.378 e. The third kappa shape index (κ3) is 4.14. The van der Waals surface area contributed by atoms with Gasteiger partial charge in [-0.15, -0.1) is 0 Å². The molecular formula is C15H20N2O. The van der Waals surface area contributed by atoms with Gasteiger partial charge in [-0.1, -0.05) is 12.1 Å². The minimum absolute atomic E-state index is 0.494. The van der Waals surface area contributed by atoms with E-state index in [2.05, 4.69) is 11.4 Å². The lowest BCUT2D eigenvalue weighted by molar-refractivity contribution is 0.102. The average molecular weight is 244 g/mol. The smallest absolute Gasteiger partial charge is 0.0991 e. The molecule has 1 aromatic rings. The van der Waals surface area contributed by atoms with Gasteiger partial charge in [0, 0.05) is 13.2 Å². The van der Waals surface area contributed by atoms with Crippen molar-refractivity contribution in [1.82, 2.24) is 5.32 Å². The Morgan fingerprint density at radius 1 is 1.44 bits per heavy atom. The molecule has 0 aromatic heterocycles. The first-order valence-electron chi connectivity index (χ1n) is 6.70. The zero-order chi connectivity index (χ0) is 12.6. The standard InChI is InChI=1S/C15H20N2O/c16-11-13-4-1-5-14(10-13)12-17-8-2-6-15-7-3-9-18-15/h1,4-5,10,15,17H,2-3,6-9,12H2. The van der Waals surface area contributed by atoms with Crippen LogP contribution in [0.1, 0.15) is 36.8 Å². The number of ether oxygens (including phenoxy) is 1. The van der Waals surface area contributed by atoms with Gasteiger partial charge in [-0.05, 0) is 49.9 Å². The molecule has 1 saturated heterocycles. The monoisotopic (exact) mass is 244 g/mol. The van der Waals surface area contributed by atoms with Crippen LogP contribution in [0.25, 0.3) is 0 Å². The fourth-order valence-electron chi connectivity index (χ4n) is 2.31. The van der Waals surface area contributed by atoms with Crippen LogP contribution in [0.5, 0.6) is 0 Å². The SMILES string of the molecule is N#Cc1cccc(CNCCCC2CCCO2)c1. The molecule has 1 aromatic carbocycles. The minimum Gasteiger partial charge on any atom is -0.378 e. The Morgan fingerprint density at radius 3 is 3.17 bits per heavy atom. The van der Waals surface area contributed by atoms with Crippen molar-refractivity contribution in [2.45, 2.75) is 38.3 Å². The number of nitrogens with one attached hydrogen (secondary N) is 1. The topological polar surface area (TPSA) is 45.0 Å². The Balaban J connectivity index is 1.61. The second-order valence-electron chi connectivity index (χ2n) is 4.77. The Labute approximate surface area is 109 Å². The van der Waals surface area contributed by atoms with Crippen LogP contribution in [0.3, 0.4) is 0 Å². The summed E-state index contributed by atoms with van der Waals surface area (Å²) in [4.78, 5) is 0. The second-order valence-corrected chi connectivity index (χ2v) is 4.77. The lowest BCUT2D eigenvalue weighted by atomic mass is 10.1. The molecule has 1 atom stereocenters. The molecule has 0 bridgehead atoms. The van der Waals surface area contributed by atoms with E-state index in [0.717, 1.165) is 38.1 Å². The van der Waals surface area contributed by atoms with Crippen LogP contribution >= 0.6 is 0 Å². The highest BCUT2D eigenvalue weighted by atomic mass is 16.5. The van der Waals surface area contributed by atoms with Crippen molar-refractivity contribution in [3.8, 4) is 6.07 Å². The quantitative estimate of drug-likeness (QED) is 0.782. The molecular weight excluding hydrogens is 224 g/mol. The van der Waals surface area contributed by atoms with Gasteiger partial charge in [-0.25, -0.2) is 0 Å². The van der Waals surface area contributed by atoms with Gasteiger partial charge in [0.05, 0.1) is 17.7 Å². The molecule has 1 unspecified atom stereocenters. The maximum atomic E-state index is 8.81. The number of hydrogen-bond acceptors (Lipinski definition) is 3. The molecule has 1 heterocycles. The Morgan fingerprint density at radius 2 is 2.39 bits per heavy atom. The van der Waals surface area contributed by atoms with Crippen LogP contribution in [0.2, 0.25) is 0 Å². The summed E-state index contributed by atoms with van der Waals surface area (Å²) in [7, 11) is 0. The lowest BCUT2D eigenvalue weighted by Gasteiger charge is -2.09. The maximum absolute atomic E-state index is 8.81. The predicted octanol–water partition coefficient (Wildman–Crippen LogP) is 2.61. The summed E-state index contributed by atoms with van der Waals surface area (Å²) in [5.41, 5.74) is 1.90. The Bertz CT molecular complexity index is 405. The normalized spacial score (nSPS) is 18.7. The fourth-order valence-corrected chi connectivity index (χ4v) is 2.31. The van der Waals surface area contributed by atoms with E-state index in [1.54, 1.807) is 0 Å². The summed E-state index contributed by atoms with van der Waals surface area (Å²) in [6.07, 6.45) is 5.26. The molecule has 0 radical (unpaired) electrons.